The van der Waals surface area contributed by atoms with Crippen LogP contribution < -0.4 is 10.2 Å². The summed E-state index contributed by atoms with van der Waals surface area (Å²) in [6, 6.07) is 5.64. The lowest BCUT2D eigenvalue weighted by atomic mass is 10.2. The molecule has 0 atom stereocenters. The minimum absolute atomic E-state index is 0.0750. The quantitative estimate of drug-likeness (QED) is 0.427. The van der Waals surface area contributed by atoms with Gasteiger partial charge < -0.3 is 10.2 Å². The predicted molar refractivity (Wildman–Crippen MR) is 106 cm³/mol. The molecule has 148 valence electrons. The van der Waals surface area contributed by atoms with E-state index in [9.17, 15) is 14.9 Å². The number of benzene rings is 1. The first-order valence-corrected chi connectivity index (χ1v) is 9.39. The highest BCUT2D eigenvalue weighted by atomic mass is 35.5. The number of anilines is 1. The molecule has 2 aromatic rings. The van der Waals surface area contributed by atoms with Gasteiger partial charge in [0.15, 0.2) is 0 Å². The van der Waals surface area contributed by atoms with Crippen LogP contribution in [0.3, 0.4) is 0 Å². The molecule has 1 fully saturated rings. The molecule has 0 unspecified atom stereocenters. The maximum absolute atomic E-state index is 12.2. The summed E-state index contributed by atoms with van der Waals surface area (Å²) in [4.78, 5) is 35.4. The molecule has 3 rings (SSSR count). The highest BCUT2D eigenvalue weighted by Crippen LogP contribution is 2.22. The second-order valence-electron chi connectivity index (χ2n) is 6.41. The van der Waals surface area contributed by atoms with Gasteiger partial charge in [0, 0.05) is 57.3 Å². The summed E-state index contributed by atoms with van der Waals surface area (Å²) < 4.78 is 0. The van der Waals surface area contributed by atoms with Crippen LogP contribution in [0.4, 0.5) is 11.6 Å². The monoisotopic (exact) mass is 404 g/mol. The van der Waals surface area contributed by atoms with Gasteiger partial charge in [0.1, 0.15) is 0 Å². The Morgan fingerprint density at radius 2 is 1.93 bits per heavy atom. The van der Waals surface area contributed by atoms with E-state index in [1.165, 1.54) is 18.2 Å². The van der Waals surface area contributed by atoms with E-state index in [0.29, 0.717) is 6.54 Å². The highest BCUT2D eigenvalue weighted by molar-refractivity contribution is 6.34. The summed E-state index contributed by atoms with van der Waals surface area (Å²) in [5.41, 5.74) is 0.102. The first kappa shape index (κ1) is 20.0. The number of hydrogen-bond donors (Lipinski definition) is 1. The van der Waals surface area contributed by atoms with Crippen molar-refractivity contribution in [2.45, 2.75) is 6.42 Å². The third-order valence-electron chi connectivity index (χ3n) is 4.55. The summed E-state index contributed by atoms with van der Waals surface area (Å²) in [5, 5.41) is 13.6. The van der Waals surface area contributed by atoms with E-state index >= 15 is 0 Å². The Hall–Kier alpha value is -2.78. The number of nitro benzene ring substituents is 1. The second-order valence-corrected chi connectivity index (χ2v) is 6.82. The van der Waals surface area contributed by atoms with E-state index < -0.39 is 4.92 Å². The van der Waals surface area contributed by atoms with Crippen LogP contribution in [-0.2, 0) is 0 Å². The Kier molecular flexibility index (Phi) is 6.72. The van der Waals surface area contributed by atoms with Gasteiger partial charge in [0.25, 0.3) is 11.6 Å². The van der Waals surface area contributed by atoms with Gasteiger partial charge in [-0.25, -0.2) is 9.97 Å². The zero-order chi connectivity index (χ0) is 19.9. The van der Waals surface area contributed by atoms with Crippen LogP contribution in [0.15, 0.2) is 36.7 Å². The van der Waals surface area contributed by atoms with E-state index in [1.807, 2.05) is 0 Å². The summed E-state index contributed by atoms with van der Waals surface area (Å²) in [6.07, 6.45) is 4.29. The Labute approximate surface area is 167 Å². The fraction of sp³-hybridized carbons (Fsp3) is 0.389. The normalized spacial score (nSPS) is 14.7. The molecule has 28 heavy (non-hydrogen) atoms. The topological polar surface area (TPSA) is 104 Å². The fourth-order valence-electron chi connectivity index (χ4n) is 3.03. The molecule has 1 saturated heterocycles. The zero-order valence-corrected chi connectivity index (χ0v) is 16.0. The summed E-state index contributed by atoms with van der Waals surface area (Å²) >= 11 is 5.98. The molecule has 1 aromatic heterocycles. The first-order valence-electron chi connectivity index (χ1n) is 9.01. The maximum Gasteiger partial charge on any atom is 0.270 e. The van der Waals surface area contributed by atoms with Crippen molar-refractivity contribution >= 4 is 29.1 Å². The van der Waals surface area contributed by atoms with E-state index in [1.54, 1.807) is 18.5 Å². The Balaban J connectivity index is 1.38. The van der Waals surface area contributed by atoms with Gasteiger partial charge >= 0.3 is 0 Å². The summed E-state index contributed by atoms with van der Waals surface area (Å²) in [7, 11) is 0. The fourth-order valence-corrected chi connectivity index (χ4v) is 3.29. The van der Waals surface area contributed by atoms with Crippen molar-refractivity contribution in [1.29, 1.82) is 0 Å². The van der Waals surface area contributed by atoms with Crippen LogP contribution in [0.2, 0.25) is 5.02 Å². The molecule has 1 N–H and O–H groups in total. The number of non-ortho nitro benzene ring substituents is 1. The van der Waals surface area contributed by atoms with Crippen LogP contribution in [0, 0.1) is 10.1 Å². The lowest BCUT2D eigenvalue weighted by Crippen LogP contribution is -2.47. The average molecular weight is 405 g/mol. The number of carbonyl (C=O) groups is 1. The SMILES string of the molecule is O=C(NCCCN1CCN(c2ncccn2)CC1)c1ccc([N+](=O)[O-])cc1Cl. The molecular formula is C18H21ClN6O3. The molecule has 0 radical (unpaired) electrons. The van der Waals surface area contributed by atoms with Gasteiger partial charge in [-0.15, -0.1) is 0 Å². The smallest absolute Gasteiger partial charge is 0.270 e. The average Bonchev–Trinajstić information content (AvgIpc) is 2.72. The number of nitro groups is 1. The molecule has 0 aliphatic carbocycles. The van der Waals surface area contributed by atoms with Crippen molar-refractivity contribution in [3.8, 4) is 0 Å². The lowest BCUT2D eigenvalue weighted by Gasteiger charge is -2.34. The molecule has 1 aliphatic heterocycles. The summed E-state index contributed by atoms with van der Waals surface area (Å²) in [6.45, 7) is 4.95. The van der Waals surface area contributed by atoms with Crippen molar-refractivity contribution in [2.75, 3.05) is 44.2 Å². The van der Waals surface area contributed by atoms with Crippen LogP contribution >= 0.6 is 11.6 Å². The Morgan fingerprint density at radius 3 is 2.57 bits per heavy atom. The van der Waals surface area contributed by atoms with E-state index in [2.05, 4.69) is 25.1 Å². The van der Waals surface area contributed by atoms with E-state index in [-0.39, 0.29) is 22.2 Å². The second kappa shape index (κ2) is 9.43. The van der Waals surface area contributed by atoms with Crippen molar-refractivity contribution in [3.05, 3.63) is 57.4 Å². The third kappa shape index (κ3) is 5.14. The molecule has 1 aromatic carbocycles. The number of aromatic nitrogens is 2. The van der Waals surface area contributed by atoms with E-state index in [0.717, 1.165) is 45.1 Å². The highest BCUT2D eigenvalue weighted by Gasteiger charge is 2.18. The van der Waals surface area contributed by atoms with E-state index in [4.69, 9.17) is 11.6 Å². The predicted octanol–water partition coefficient (Wildman–Crippen LogP) is 1.98. The van der Waals surface area contributed by atoms with Crippen LogP contribution in [-0.4, -0.2) is 65.0 Å². The van der Waals surface area contributed by atoms with Gasteiger partial charge in [0.2, 0.25) is 5.95 Å². The zero-order valence-electron chi connectivity index (χ0n) is 15.3. The van der Waals surface area contributed by atoms with Crippen molar-refractivity contribution < 1.29 is 9.72 Å². The third-order valence-corrected chi connectivity index (χ3v) is 4.86. The molecule has 0 saturated carbocycles. The lowest BCUT2D eigenvalue weighted by molar-refractivity contribution is -0.384. The minimum Gasteiger partial charge on any atom is -0.352 e. The molecule has 2 heterocycles. The van der Waals surface area contributed by atoms with Gasteiger partial charge in [-0.2, -0.15) is 0 Å². The summed E-state index contributed by atoms with van der Waals surface area (Å²) in [5.74, 6) is 0.431. The van der Waals surface area contributed by atoms with Gasteiger partial charge in [-0.1, -0.05) is 11.6 Å². The molecular weight excluding hydrogens is 384 g/mol. The molecule has 0 spiro atoms. The van der Waals surface area contributed by atoms with Crippen molar-refractivity contribution in [2.24, 2.45) is 0 Å². The Bertz CT molecular complexity index is 827. The van der Waals surface area contributed by atoms with Gasteiger partial charge in [-0.3, -0.25) is 19.8 Å². The standard InChI is InChI=1S/C18H21ClN6O3/c19-16-13-14(25(27)28)3-4-15(16)17(26)20-7-2-8-23-9-11-24(12-10-23)18-21-5-1-6-22-18/h1,3-6,13H,2,7-12H2,(H,20,26). The molecule has 1 amide bonds. The van der Waals surface area contributed by atoms with Gasteiger partial charge in [-0.05, 0) is 25.1 Å². The number of rotatable bonds is 7. The Morgan fingerprint density at radius 1 is 1.21 bits per heavy atom. The van der Waals surface area contributed by atoms with Crippen LogP contribution in [0.1, 0.15) is 16.8 Å². The number of nitrogens with zero attached hydrogens (tertiary/aromatic N) is 5. The van der Waals surface area contributed by atoms with Crippen LogP contribution in [0.25, 0.3) is 0 Å². The van der Waals surface area contributed by atoms with Crippen molar-refractivity contribution in [3.63, 3.8) is 0 Å². The minimum atomic E-state index is -0.544. The molecule has 10 heteroatoms. The number of hydrogen-bond acceptors (Lipinski definition) is 7. The first-order chi connectivity index (χ1) is 13.5. The number of halogens is 1. The molecule has 1 aliphatic rings. The number of piperazine rings is 1. The number of nitrogens with one attached hydrogen (secondary N) is 1. The molecule has 9 nitrogen and oxygen atoms in total. The van der Waals surface area contributed by atoms with Gasteiger partial charge in [0.05, 0.1) is 15.5 Å². The number of carbonyl (C=O) groups excluding carboxylic acids is 1. The van der Waals surface area contributed by atoms with Crippen LogP contribution in [0.5, 0.6) is 0 Å². The largest absolute Gasteiger partial charge is 0.352 e. The molecule has 0 bridgehead atoms. The maximum atomic E-state index is 12.2. The number of amides is 1. The van der Waals surface area contributed by atoms with Crippen molar-refractivity contribution in [1.82, 2.24) is 20.2 Å².